The summed E-state index contributed by atoms with van der Waals surface area (Å²) in [6.45, 7) is 7.06. The lowest BCUT2D eigenvalue weighted by atomic mass is 10.0. The van der Waals surface area contributed by atoms with Gasteiger partial charge in [0.05, 0.1) is 12.7 Å². The minimum Gasteiger partial charge on any atom is -0.428 e. The third-order valence-corrected chi connectivity index (χ3v) is 2.90. The van der Waals surface area contributed by atoms with Crippen LogP contribution in [0.25, 0.3) is 0 Å². The van der Waals surface area contributed by atoms with Gasteiger partial charge >= 0.3 is 0 Å². The number of ether oxygens (including phenoxy) is 2. The third-order valence-electron chi connectivity index (χ3n) is 2.90. The van der Waals surface area contributed by atoms with E-state index in [1.807, 2.05) is 6.07 Å². The first-order valence-corrected chi connectivity index (χ1v) is 6.53. The SMILES string of the molecule is COC(CNC(C)(C)C)c1ccc(OC=O)c(CO)c1. The van der Waals surface area contributed by atoms with Crippen molar-refractivity contribution in [1.29, 1.82) is 0 Å². The van der Waals surface area contributed by atoms with Gasteiger partial charge in [0.1, 0.15) is 5.75 Å². The van der Waals surface area contributed by atoms with Crippen LogP contribution in [-0.4, -0.2) is 30.8 Å². The summed E-state index contributed by atoms with van der Waals surface area (Å²) in [6, 6.07) is 5.28. The molecule has 0 heterocycles. The Hall–Kier alpha value is -1.43. The number of hydrogen-bond acceptors (Lipinski definition) is 5. The highest BCUT2D eigenvalue weighted by molar-refractivity contribution is 5.49. The number of rotatable bonds is 7. The number of benzene rings is 1. The second-order valence-electron chi connectivity index (χ2n) is 5.59. The van der Waals surface area contributed by atoms with Crippen molar-refractivity contribution in [2.75, 3.05) is 13.7 Å². The van der Waals surface area contributed by atoms with Gasteiger partial charge in [0.15, 0.2) is 0 Å². The molecule has 1 aromatic rings. The number of hydrogen-bond donors (Lipinski definition) is 2. The van der Waals surface area contributed by atoms with Crippen molar-refractivity contribution in [3.63, 3.8) is 0 Å². The summed E-state index contributed by atoms with van der Waals surface area (Å²) in [7, 11) is 1.64. The van der Waals surface area contributed by atoms with E-state index < -0.39 is 0 Å². The fourth-order valence-corrected chi connectivity index (χ4v) is 1.83. The number of carbonyl (C=O) groups is 1. The van der Waals surface area contributed by atoms with Gasteiger partial charge in [-0.05, 0) is 38.5 Å². The molecule has 0 fully saturated rings. The summed E-state index contributed by atoms with van der Waals surface area (Å²) in [5.41, 5.74) is 1.48. The average molecular weight is 281 g/mol. The topological polar surface area (TPSA) is 67.8 Å². The maximum atomic E-state index is 10.4. The van der Waals surface area contributed by atoms with Crippen LogP contribution in [0.15, 0.2) is 18.2 Å². The molecule has 0 bridgehead atoms. The van der Waals surface area contributed by atoms with E-state index in [1.54, 1.807) is 19.2 Å². The van der Waals surface area contributed by atoms with Crippen molar-refractivity contribution >= 4 is 6.47 Å². The van der Waals surface area contributed by atoms with E-state index in [9.17, 15) is 9.90 Å². The van der Waals surface area contributed by atoms with E-state index in [0.717, 1.165) is 5.56 Å². The van der Waals surface area contributed by atoms with E-state index in [-0.39, 0.29) is 18.2 Å². The average Bonchev–Trinajstić information content (AvgIpc) is 2.39. The lowest BCUT2D eigenvalue weighted by molar-refractivity contribution is -0.120. The molecule has 20 heavy (non-hydrogen) atoms. The van der Waals surface area contributed by atoms with E-state index in [4.69, 9.17) is 9.47 Å². The van der Waals surface area contributed by atoms with Gasteiger partial charge in [-0.25, -0.2) is 0 Å². The highest BCUT2D eigenvalue weighted by Gasteiger charge is 2.17. The summed E-state index contributed by atoms with van der Waals surface area (Å²) in [6.07, 6.45) is -0.134. The Morgan fingerprint density at radius 2 is 2.10 bits per heavy atom. The highest BCUT2D eigenvalue weighted by atomic mass is 16.5. The molecule has 0 spiro atoms. The molecule has 112 valence electrons. The van der Waals surface area contributed by atoms with Crippen molar-refractivity contribution in [1.82, 2.24) is 5.32 Å². The van der Waals surface area contributed by atoms with E-state index in [0.29, 0.717) is 24.3 Å². The first kappa shape index (κ1) is 16.6. The molecule has 0 aliphatic carbocycles. The van der Waals surface area contributed by atoms with E-state index in [1.165, 1.54) is 0 Å². The van der Waals surface area contributed by atoms with Crippen LogP contribution in [0.1, 0.15) is 38.0 Å². The third kappa shape index (κ3) is 4.92. The molecule has 5 heteroatoms. The van der Waals surface area contributed by atoms with Gasteiger partial charge in [0.2, 0.25) is 0 Å². The molecule has 0 aliphatic heterocycles. The summed E-state index contributed by atoms with van der Waals surface area (Å²) < 4.78 is 10.3. The van der Waals surface area contributed by atoms with E-state index in [2.05, 4.69) is 26.1 Å². The molecule has 0 aliphatic rings. The van der Waals surface area contributed by atoms with Gasteiger partial charge in [-0.1, -0.05) is 6.07 Å². The normalized spacial score (nSPS) is 13.1. The largest absolute Gasteiger partial charge is 0.428 e. The van der Waals surface area contributed by atoms with Crippen molar-refractivity contribution < 1.29 is 19.4 Å². The second kappa shape index (κ2) is 7.38. The summed E-state index contributed by atoms with van der Waals surface area (Å²) in [5, 5.41) is 12.7. The van der Waals surface area contributed by atoms with Gasteiger partial charge in [-0.3, -0.25) is 4.79 Å². The van der Waals surface area contributed by atoms with Gasteiger partial charge < -0.3 is 19.9 Å². The van der Waals surface area contributed by atoms with Crippen molar-refractivity contribution in [3.05, 3.63) is 29.3 Å². The maximum Gasteiger partial charge on any atom is 0.298 e. The molecule has 1 aromatic carbocycles. The van der Waals surface area contributed by atoms with Crippen LogP contribution in [0.3, 0.4) is 0 Å². The lowest BCUT2D eigenvalue weighted by Crippen LogP contribution is -2.38. The second-order valence-corrected chi connectivity index (χ2v) is 5.59. The zero-order valence-electron chi connectivity index (χ0n) is 12.5. The Labute approximate surface area is 119 Å². The van der Waals surface area contributed by atoms with Crippen LogP contribution in [0.2, 0.25) is 0 Å². The smallest absolute Gasteiger partial charge is 0.298 e. The Kier molecular flexibility index (Phi) is 6.13. The van der Waals surface area contributed by atoms with Crippen LogP contribution >= 0.6 is 0 Å². The van der Waals surface area contributed by atoms with E-state index >= 15 is 0 Å². The Balaban J connectivity index is 2.89. The summed E-state index contributed by atoms with van der Waals surface area (Å²) in [5.74, 6) is 0.366. The maximum absolute atomic E-state index is 10.4. The molecule has 0 radical (unpaired) electrons. The first-order chi connectivity index (χ1) is 9.41. The first-order valence-electron chi connectivity index (χ1n) is 6.53. The molecule has 0 saturated heterocycles. The Morgan fingerprint density at radius 3 is 2.60 bits per heavy atom. The Bertz CT molecular complexity index is 440. The number of carbonyl (C=O) groups excluding carboxylic acids is 1. The Morgan fingerprint density at radius 1 is 1.40 bits per heavy atom. The number of nitrogens with one attached hydrogen (secondary N) is 1. The molecule has 2 N–H and O–H groups in total. The summed E-state index contributed by atoms with van der Waals surface area (Å²) in [4.78, 5) is 10.4. The predicted molar refractivity (Wildman–Crippen MR) is 76.6 cm³/mol. The minimum atomic E-state index is -0.194. The highest BCUT2D eigenvalue weighted by Crippen LogP contribution is 2.25. The standard InChI is InChI=1S/C15H23NO4/c1-15(2,3)16-8-14(19-4)11-5-6-13(20-10-18)12(7-11)9-17/h5-7,10,14,16-17H,8-9H2,1-4H3. The molecule has 1 atom stereocenters. The van der Waals surface area contributed by atoms with Gasteiger partial charge in [0.25, 0.3) is 6.47 Å². The number of aliphatic hydroxyl groups excluding tert-OH is 1. The molecule has 1 rings (SSSR count). The van der Waals surface area contributed by atoms with Crippen LogP contribution < -0.4 is 10.1 Å². The predicted octanol–water partition coefficient (Wildman–Crippen LogP) is 1.79. The molecular weight excluding hydrogens is 258 g/mol. The van der Waals surface area contributed by atoms with Crippen LogP contribution in [0, 0.1) is 0 Å². The fourth-order valence-electron chi connectivity index (χ4n) is 1.83. The lowest BCUT2D eigenvalue weighted by Gasteiger charge is -2.25. The van der Waals surface area contributed by atoms with Gasteiger partial charge in [-0.2, -0.15) is 0 Å². The minimum absolute atomic E-state index is 0.00282. The molecule has 0 amide bonds. The van der Waals surface area contributed by atoms with Crippen molar-refractivity contribution in [2.45, 2.75) is 39.0 Å². The van der Waals surface area contributed by atoms with Gasteiger partial charge in [-0.15, -0.1) is 0 Å². The molecule has 5 nitrogen and oxygen atoms in total. The molecule has 1 unspecified atom stereocenters. The zero-order valence-corrected chi connectivity index (χ0v) is 12.5. The van der Waals surface area contributed by atoms with Crippen LogP contribution in [-0.2, 0) is 16.1 Å². The molecule has 0 aromatic heterocycles. The zero-order chi connectivity index (χ0) is 15.2. The van der Waals surface area contributed by atoms with Gasteiger partial charge in [0, 0.05) is 24.8 Å². The van der Waals surface area contributed by atoms with Crippen molar-refractivity contribution in [2.24, 2.45) is 0 Å². The number of aliphatic hydroxyl groups is 1. The fraction of sp³-hybridized carbons (Fsp3) is 0.533. The molecule has 0 saturated carbocycles. The molecular formula is C15H23NO4. The van der Waals surface area contributed by atoms with Crippen molar-refractivity contribution in [3.8, 4) is 5.75 Å². The summed E-state index contributed by atoms with van der Waals surface area (Å²) >= 11 is 0. The van der Waals surface area contributed by atoms with Crippen LogP contribution in [0.5, 0.6) is 5.75 Å². The van der Waals surface area contributed by atoms with Crippen LogP contribution in [0.4, 0.5) is 0 Å². The monoisotopic (exact) mass is 281 g/mol. The number of methoxy groups -OCH3 is 1. The quantitative estimate of drug-likeness (QED) is 0.746.